The van der Waals surface area contributed by atoms with Crippen molar-refractivity contribution in [2.24, 2.45) is 23.7 Å². The van der Waals surface area contributed by atoms with Crippen molar-refractivity contribution in [3.8, 4) is 5.75 Å². The van der Waals surface area contributed by atoms with E-state index in [-0.39, 0.29) is 12.3 Å². The Balaban J connectivity index is 0.973. The summed E-state index contributed by atoms with van der Waals surface area (Å²) in [4.78, 5) is 30.4. The fourth-order valence-corrected chi connectivity index (χ4v) is 10.6. The highest BCUT2D eigenvalue weighted by Gasteiger charge is 2.53. The molecule has 3 aromatic carbocycles. The number of hydrogen-bond donors (Lipinski definition) is 4. The molecule has 6 aliphatic rings. The maximum absolute atomic E-state index is 14.3. The summed E-state index contributed by atoms with van der Waals surface area (Å²) in [7, 11) is 0. The molecule has 5 aliphatic carbocycles. The van der Waals surface area contributed by atoms with Gasteiger partial charge in [0.05, 0.1) is 37.5 Å². The van der Waals surface area contributed by atoms with Crippen molar-refractivity contribution >= 4 is 12.0 Å². The van der Waals surface area contributed by atoms with Gasteiger partial charge in [-0.05, 0) is 110 Å². The van der Waals surface area contributed by atoms with Crippen LogP contribution in [0.3, 0.4) is 0 Å². The molecule has 55 heavy (non-hydrogen) atoms. The molecule has 1 saturated heterocycles. The molecule has 10 nitrogen and oxygen atoms in total. The van der Waals surface area contributed by atoms with E-state index in [1.807, 2.05) is 78.9 Å². The van der Waals surface area contributed by atoms with Gasteiger partial charge in [-0.25, -0.2) is 4.79 Å². The Morgan fingerprint density at radius 2 is 1.51 bits per heavy atom. The summed E-state index contributed by atoms with van der Waals surface area (Å²) in [6, 6.07) is 24.2. The molecule has 5 unspecified atom stereocenters. The topological polar surface area (TPSA) is 130 Å². The highest BCUT2D eigenvalue weighted by molar-refractivity contribution is 5.80. The minimum absolute atomic E-state index is 0.100. The predicted molar refractivity (Wildman–Crippen MR) is 209 cm³/mol. The van der Waals surface area contributed by atoms with Gasteiger partial charge < -0.3 is 35.1 Å². The van der Waals surface area contributed by atoms with Crippen molar-refractivity contribution in [3.63, 3.8) is 0 Å². The van der Waals surface area contributed by atoms with E-state index in [9.17, 15) is 19.8 Å². The number of morpholine rings is 1. The van der Waals surface area contributed by atoms with Crippen LogP contribution in [-0.4, -0.2) is 90.4 Å². The third kappa shape index (κ3) is 9.37. The van der Waals surface area contributed by atoms with Crippen LogP contribution in [0.2, 0.25) is 0 Å². The van der Waals surface area contributed by atoms with Gasteiger partial charge in [0.25, 0.3) is 0 Å². The number of ether oxygens (including phenoxy) is 3. The van der Waals surface area contributed by atoms with Gasteiger partial charge in [0, 0.05) is 32.0 Å². The number of fused-ring (bicyclic) bond motifs is 1. The number of carbonyl (C=O) groups is 2. The molecule has 5 atom stereocenters. The van der Waals surface area contributed by atoms with Crippen LogP contribution in [-0.2, 0) is 33.5 Å². The van der Waals surface area contributed by atoms with Crippen molar-refractivity contribution < 1.29 is 34.0 Å². The maximum atomic E-state index is 14.3. The van der Waals surface area contributed by atoms with Gasteiger partial charge in [-0.1, -0.05) is 66.7 Å². The van der Waals surface area contributed by atoms with Gasteiger partial charge in [0.2, 0.25) is 5.91 Å². The number of nitrogens with one attached hydrogen (secondary N) is 2. The van der Waals surface area contributed by atoms with Crippen LogP contribution in [0.5, 0.6) is 5.75 Å². The molecular weight excluding hydrogens is 695 g/mol. The van der Waals surface area contributed by atoms with E-state index in [2.05, 4.69) is 15.5 Å². The first-order valence-electron chi connectivity index (χ1n) is 20.6. The number of benzene rings is 3. The lowest BCUT2D eigenvalue weighted by Crippen LogP contribution is -2.55. The van der Waals surface area contributed by atoms with E-state index >= 15 is 0 Å². The van der Waals surface area contributed by atoms with Gasteiger partial charge in [-0.2, -0.15) is 0 Å². The lowest BCUT2D eigenvalue weighted by Gasteiger charge is -2.55. The summed E-state index contributed by atoms with van der Waals surface area (Å²) in [6.45, 7) is 4.72. The van der Waals surface area contributed by atoms with Crippen LogP contribution in [0.4, 0.5) is 4.79 Å². The summed E-state index contributed by atoms with van der Waals surface area (Å²) in [5.74, 6) is 1.75. The molecule has 4 bridgehead atoms. The number of nitrogens with zero attached hydrogens (tertiary/aromatic N) is 1. The lowest BCUT2D eigenvalue weighted by atomic mass is 9.54. The normalized spacial score (nSPS) is 28.5. The first-order chi connectivity index (χ1) is 26.8. The van der Waals surface area contributed by atoms with E-state index in [0.29, 0.717) is 43.6 Å². The first kappa shape index (κ1) is 37.9. The van der Waals surface area contributed by atoms with Gasteiger partial charge in [0.15, 0.2) is 0 Å². The van der Waals surface area contributed by atoms with Crippen LogP contribution in [0.15, 0.2) is 78.9 Å². The van der Waals surface area contributed by atoms with Crippen LogP contribution >= 0.6 is 0 Å². The Bertz CT molecular complexity index is 1710. The van der Waals surface area contributed by atoms with Gasteiger partial charge in [-0.15, -0.1) is 0 Å². The first-order valence-corrected chi connectivity index (χ1v) is 20.6. The highest BCUT2D eigenvalue weighted by Crippen LogP contribution is 2.57. The number of aliphatic hydroxyl groups is 2. The molecular formula is C45H57N3O7. The van der Waals surface area contributed by atoms with Gasteiger partial charge in [-0.3, -0.25) is 9.69 Å². The second kappa shape index (κ2) is 17.0. The zero-order valence-corrected chi connectivity index (χ0v) is 31.8. The molecule has 4 saturated carbocycles. The molecule has 10 heteroatoms. The van der Waals surface area contributed by atoms with E-state index in [4.69, 9.17) is 14.2 Å². The van der Waals surface area contributed by atoms with Crippen LogP contribution < -0.4 is 15.4 Å². The molecule has 5 fully saturated rings. The number of carbonyl (C=O) groups excluding carboxylic acids is 2. The zero-order chi connectivity index (χ0) is 37.8. The Morgan fingerprint density at radius 3 is 2.22 bits per heavy atom. The summed E-state index contributed by atoms with van der Waals surface area (Å²) in [5, 5.41) is 29.3. The average Bonchev–Trinajstić information content (AvgIpc) is 3.49. The SMILES string of the molecule is O=C(NC(Cc1ccccc1)C(O)CC(Cc1ccc(OCCN2CCOCC2)cc1)C(=O)NC1c2ccccc2CC1O)OC12CC3CC(CC(C3)C1)C2. The number of amides is 2. The summed E-state index contributed by atoms with van der Waals surface area (Å²) in [6.07, 6.45) is 5.55. The smallest absolute Gasteiger partial charge is 0.408 e. The van der Waals surface area contributed by atoms with Crippen molar-refractivity contribution in [3.05, 3.63) is 101 Å². The predicted octanol–water partition coefficient (Wildman–Crippen LogP) is 5.39. The van der Waals surface area contributed by atoms with E-state index in [0.717, 1.165) is 80.1 Å². The molecule has 294 valence electrons. The zero-order valence-electron chi connectivity index (χ0n) is 31.8. The summed E-state index contributed by atoms with van der Waals surface area (Å²) >= 11 is 0. The second-order valence-electron chi connectivity index (χ2n) is 17.0. The van der Waals surface area contributed by atoms with Crippen molar-refractivity contribution in [2.75, 3.05) is 39.5 Å². The van der Waals surface area contributed by atoms with Crippen molar-refractivity contribution in [2.45, 2.75) is 94.1 Å². The molecule has 1 heterocycles. The Morgan fingerprint density at radius 1 is 0.855 bits per heavy atom. The molecule has 9 rings (SSSR count). The largest absolute Gasteiger partial charge is 0.492 e. The lowest BCUT2D eigenvalue weighted by molar-refractivity contribution is -0.128. The molecule has 0 aromatic heterocycles. The van der Waals surface area contributed by atoms with E-state index < -0.39 is 41.9 Å². The summed E-state index contributed by atoms with van der Waals surface area (Å²) in [5.41, 5.74) is 3.41. The minimum Gasteiger partial charge on any atom is -0.492 e. The van der Waals surface area contributed by atoms with Gasteiger partial charge in [0.1, 0.15) is 18.0 Å². The quantitative estimate of drug-likeness (QED) is 0.163. The molecule has 0 radical (unpaired) electrons. The molecule has 0 spiro atoms. The molecule has 4 N–H and O–H groups in total. The maximum Gasteiger partial charge on any atom is 0.408 e. The highest BCUT2D eigenvalue weighted by atomic mass is 16.6. The fourth-order valence-electron chi connectivity index (χ4n) is 10.6. The number of hydrogen-bond acceptors (Lipinski definition) is 8. The standard InChI is InChI=1S/C45H57N3O7/c49-40(39(24-30-6-2-1-3-7-30)46-44(52)55-45-27-32-20-33(28-45)22-34(21-32)29-45)26-36(43(51)47-42-38-9-5-4-8-35(38)25-41(42)50)23-31-10-12-37(13-11-31)54-19-16-48-14-17-53-18-15-48/h1-13,32-34,36,39-42,49-50H,14-29H2,(H,46,52)(H,47,51). The van der Waals surface area contributed by atoms with Crippen LogP contribution in [0.25, 0.3) is 0 Å². The minimum atomic E-state index is -1.05. The number of aliphatic hydroxyl groups excluding tert-OH is 2. The molecule has 3 aromatic rings. The van der Waals surface area contributed by atoms with Crippen LogP contribution in [0.1, 0.15) is 73.2 Å². The second-order valence-corrected chi connectivity index (χ2v) is 17.0. The monoisotopic (exact) mass is 751 g/mol. The Hall–Kier alpha value is -3.96. The van der Waals surface area contributed by atoms with E-state index in [1.54, 1.807) is 0 Å². The number of rotatable bonds is 15. The third-order valence-electron chi connectivity index (χ3n) is 12.9. The van der Waals surface area contributed by atoms with Crippen molar-refractivity contribution in [1.29, 1.82) is 0 Å². The van der Waals surface area contributed by atoms with Crippen molar-refractivity contribution in [1.82, 2.24) is 15.5 Å². The molecule has 2 amide bonds. The third-order valence-corrected chi connectivity index (χ3v) is 12.9. The molecule has 1 aliphatic heterocycles. The fraction of sp³-hybridized carbons (Fsp3) is 0.556. The van der Waals surface area contributed by atoms with E-state index in [1.165, 1.54) is 19.3 Å². The average molecular weight is 752 g/mol. The summed E-state index contributed by atoms with van der Waals surface area (Å²) < 4.78 is 17.8. The Kier molecular flexibility index (Phi) is 11.8. The number of alkyl carbamates (subject to hydrolysis) is 1. The van der Waals surface area contributed by atoms with Crippen LogP contribution in [0, 0.1) is 23.7 Å². The Labute approximate surface area is 324 Å². The van der Waals surface area contributed by atoms with Gasteiger partial charge >= 0.3 is 6.09 Å².